The fourth-order valence-corrected chi connectivity index (χ4v) is 4.38. The molecule has 32 heavy (non-hydrogen) atoms. The number of para-hydroxylation sites is 2. The molecule has 1 aliphatic heterocycles. The molecule has 4 aromatic rings. The van der Waals surface area contributed by atoms with Crippen LogP contribution in [0.15, 0.2) is 60.9 Å². The number of imidazole rings is 1. The molecule has 2 N–H and O–H groups in total. The number of nitrogens with zero attached hydrogens (tertiary/aromatic N) is 4. The number of benzene rings is 2. The van der Waals surface area contributed by atoms with Gasteiger partial charge in [-0.05, 0) is 62.7 Å². The number of aryl methyl sites for hydroxylation is 1. The monoisotopic (exact) mass is 428 g/mol. The van der Waals surface area contributed by atoms with Crippen molar-refractivity contribution in [2.45, 2.75) is 32.9 Å². The van der Waals surface area contributed by atoms with Crippen LogP contribution in [-0.2, 0) is 17.9 Å². The Morgan fingerprint density at radius 2 is 2.03 bits per heavy atom. The molecular weight excluding hydrogens is 400 g/mol. The molecule has 2 aromatic heterocycles. The van der Waals surface area contributed by atoms with Crippen LogP contribution in [0.5, 0.6) is 0 Å². The number of amides is 1. The number of piperidine rings is 1. The number of aromatic amines is 1. The summed E-state index contributed by atoms with van der Waals surface area (Å²) in [5, 5.41) is 7.46. The summed E-state index contributed by atoms with van der Waals surface area (Å²) < 4.78 is 1.94. The quantitative estimate of drug-likeness (QED) is 0.480. The number of likely N-dealkylation sites (tertiary alicyclic amines) is 1. The molecule has 0 radical (unpaired) electrons. The molecule has 1 saturated heterocycles. The van der Waals surface area contributed by atoms with Gasteiger partial charge in [-0.1, -0.05) is 12.1 Å². The van der Waals surface area contributed by atoms with E-state index in [1.54, 1.807) is 0 Å². The Balaban J connectivity index is 1.20. The molecule has 1 unspecified atom stereocenters. The standard InChI is InChI=1S/C25H28N6O/c1-2-31-16-18(14-26-31)15-30-13-5-6-20(17-30)25(32)27-21-11-9-19(10-12-21)24-28-22-7-3-4-8-23(22)29-24/h3-4,7-12,14,16,20H,2,5-6,13,15,17H2,1H3,(H,27,32)(H,28,29). The maximum atomic E-state index is 12.9. The molecule has 1 atom stereocenters. The van der Waals surface area contributed by atoms with Crippen LogP contribution in [0, 0.1) is 5.92 Å². The number of fused-ring (bicyclic) bond motifs is 1. The zero-order valence-corrected chi connectivity index (χ0v) is 18.3. The van der Waals surface area contributed by atoms with E-state index in [2.05, 4.69) is 38.4 Å². The largest absolute Gasteiger partial charge is 0.338 e. The number of hydrogen-bond donors (Lipinski definition) is 2. The Bertz CT molecular complexity index is 1180. The predicted octanol–water partition coefficient (Wildman–Crippen LogP) is 4.30. The normalized spacial score (nSPS) is 17.0. The molecule has 7 heteroatoms. The topological polar surface area (TPSA) is 78.8 Å². The summed E-state index contributed by atoms with van der Waals surface area (Å²) in [6, 6.07) is 15.9. The summed E-state index contributed by atoms with van der Waals surface area (Å²) in [7, 11) is 0. The summed E-state index contributed by atoms with van der Waals surface area (Å²) in [6.07, 6.45) is 5.97. The maximum Gasteiger partial charge on any atom is 0.228 e. The number of H-pyrrole nitrogens is 1. The molecule has 0 aliphatic carbocycles. The van der Waals surface area contributed by atoms with Gasteiger partial charge in [-0.2, -0.15) is 5.10 Å². The number of carbonyl (C=O) groups is 1. The Morgan fingerprint density at radius 1 is 1.19 bits per heavy atom. The van der Waals surface area contributed by atoms with E-state index in [9.17, 15) is 4.79 Å². The zero-order valence-electron chi connectivity index (χ0n) is 18.3. The average molecular weight is 429 g/mol. The molecular formula is C25H28N6O. The van der Waals surface area contributed by atoms with Crippen LogP contribution in [0.4, 0.5) is 5.69 Å². The fourth-order valence-electron chi connectivity index (χ4n) is 4.38. The first kappa shape index (κ1) is 20.5. The van der Waals surface area contributed by atoms with Gasteiger partial charge in [-0.25, -0.2) is 4.98 Å². The van der Waals surface area contributed by atoms with Gasteiger partial charge in [0.2, 0.25) is 5.91 Å². The highest BCUT2D eigenvalue weighted by Gasteiger charge is 2.26. The Kier molecular flexibility index (Phi) is 5.73. The van der Waals surface area contributed by atoms with Gasteiger partial charge in [0.05, 0.1) is 23.1 Å². The van der Waals surface area contributed by atoms with Gasteiger partial charge >= 0.3 is 0 Å². The Morgan fingerprint density at radius 3 is 2.81 bits per heavy atom. The highest BCUT2D eigenvalue weighted by Crippen LogP contribution is 2.24. The molecule has 2 aromatic carbocycles. The molecule has 0 bridgehead atoms. The van der Waals surface area contributed by atoms with Gasteiger partial charge in [0.25, 0.3) is 0 Å². The van der Waals surface area contributed by atoms with Crippen molar-refractivity contribution < 1.29 is 4.79 Å². The van der Waals surface area contributed by atoms with Gasteiger partial charge in [0, 0.05) is 42.6 Å². The predicted molar refractivity (Wildman–Crippen MR) is 126 cm³/mol. The van der Waals surface area contributed by atoms with Crippen LogP contribution in [0.1, 0.15) is 25.3 Å². The van der Waals surface area contributed by atoms with Crippen LogP contribution < -0.4 is 5.32 Å². The van der Waals surface area contributed by atoms with Crippen molar-refractivity contribution in [1.29, 1.82) is 0 Å². The van der Waals surface area contributed by atoms with Crippen LogP contribution >= 0.6 is 0 Å². The van der Waals surface area contributed by atoms with Crippen molar-refractivity contribution in [1.82, 2.24) is 24.6 Å². The summed E-state index contributed by atoms with van der Waals surface area (Å²) in [5.41, 5.74) is 4.98. The summed E-state index contributed by atoms with van der Waals surface area (Å²) in [4.78, 5) is 23.3. The third-order valence-corrected chi connectivity index (χ3v) is 6.11. The SMILES string of the molecule is CCn1cc(CN2CCCC(C(=O)Nc3ccc(-c4nc5ccccc5[nH]4)cc3)C2)cn1. The fraction of sp³-hybridized carbons (Fsp3) is 0.320. The molecule has 7 nitrogen and oxygen atoms in total. The maximum absolute atomic E-state index is 12.9. The smallest absolute Gasteiger partial charge is 0.228 e. The first-order chi connectivity index (χ1) is 15.7. The second-order valence-corrected chi connectivity index (χ2v) is 8.45. The van der Waals surface area contributed by atoms with Crippen molar-refractivity contribution in [3.05, 3.63) is 66.5 Å². The lowest BCUT2D eigenvalue weighted by molar-refractivity contribution is -0.121. The van der Waals surface area contributed by atoms with Crippen LogP contribution in [-0.4, -0.2) is 43.6 Å². The van der Waals surface area contributed by atoms with Crippen LogP contribution in [0.2, 0.25) is 0 Å². The number of anilines is 1. The molecule has 1 fully saturated rings. The lowest BCUT2D eigenvalue weighted by atomic mass is 9.96. The van der Waals surface area contributed by atoms with E-state index in [0.717, 1.165) is 67.1 Å². The van der Waals surface area contributed by atoms with Gasteiger partial charge in [0.1, 0.15) is 5.82 Å². The highest BCUT2D eigenvalue weighted by molar-refractivity contribution is 5.93. The molecule has 1 amide bonds. The van der Waals surface area contributed by atoms with Crippen LogP contribution in [0.3, 0.4) is 0 Å². The van der Waals surface area contributed by atoms with Crippen molar-refractivity contribution in [3.63, 3.8) is 0 Å². The van der Waals surface area contributed by atoms with Crippen molar-refractivity contribution >= 4 is 22.6 Å². The van der Waals surface area contributed by atoms with E-state index < -0.39 is 0 Å². The van der Waals surface area contributed by atoms with E-state index in [4.69, 9.17) is 0 Å². The molecule has 3 heterocycles. The number of hydrogen-bond acceptors (Lipinski definition) is 4. The second-order valence-electron chi connectivity index (χ2n) is 8.45. The second kappa shape index (κ2) is 8.96. The molecule has 1 aliphatic rings. The average Bonchev–Trinajstić information content (AvgIpc) is 3.46. The van der Waals surface area contributed by atoms with Crippen molar-refractivity contribution in [3.8, 4) is 11.4 Å². The number of carbonyl (C=O) groups excluding carboxylic acids is 1. The van der Waals surface area contributed by atoms with Crippen molar-refractivity contribution in [2.75, 3.05) is 18.4 Å². The minimum Gasteiger partial charge on any atom is -0.338 e. The Hall–Kier alpha value is -3.45. The third-order valence-electron chi connectivity index (χ3n) is 6.11. The summed E-state index contributed by atoms with van der Waals surface area (Å²) >= 11 is 0. The summed E-state index contributed by atoms with van der Waals surface area (Å²) in [6.45, 7) is 5.60. The zero-order chi connectivity index (χ0) is 21.9. The van der Waals surface area contributed by atoms with Crippen molar-refractivity contribution in [2.24, 2.45) is 5.92 Å². The van der Waals surface area contributed by atoms with Gasteiger partial charge in [0.15, 0.2) is 0 Å². The summed E-state index contributed by atoms with van der Waals surface area (Å²) in [5.74, 6) is 0.925. The van der Waals surface area contributed by atoms with E-state index in [-0.39, 0.29) is 11.8 Å². The van der Waals surface area contributed by atoms with E-state index in [1.165, 1.54) is 5.56 Å². The van der Waals surface area contributed by atoms with E-state index in [0.29, 0.717) is 0 Å². The third kappa shape index (κ3) is 4.43. The van der Waals surface area contributed by atoms with E-state index >= 15 is 0 Å². The minimum absolute atomic E-state index is 0.0000181. The molecule has 5 rings (SSSR count). The molecule has 0 saturated carbocycles. The molecule has 0 spiro atoms. The number of rotatable bonds is 6. The lowest BCUT2D eigenvalue weighted by Gasteiger charge is -2.31. The Labute approximate surface area is 187 Å². The first-order valence-corrected chi connectivity index (χ1v) is 11.3. The number of nitrogens with one attached hydrogen (secondary N) is 2. The van der Waals surface area contributed by atoms with Gasteiger partial charge in [-0.3, -0.25) is 14.4 Å². The minimum atomic E-state index is 0.0000181. The lowest BCUT2D eigenvalue weighted by Crippen LogP contribution is -2.40. The number of aromatic nitrogens is 4. The first-order valence-electron chi connectivity index (χ1n) is 11.3. The van der Waals surface area contributed by atoms with Gasteiger partial charge < -0.3 is 10.3 Å². The molecule has 164 valence electrons. The highest BCUT2D eigenvalue weighted by atomic mass is 16.1. The van der Waals surface area contributed by atoms with E-state index in [1.807, 2.05) is 59.4 Å². The van der Waals surface area contributed by atoms with Gasteiger partial charge in [-0.15, -0.1) is 0 Å². The van der Waals surface area contributed by atoms with Crippen LogP contribution in [0.25, 0.3) is 22.4 Å².